The van der Waals surface area contributed by atoms with Crippen LogP contribution in [0, 0.1) is 5.82 Å². The molecule has 0 saturated carbocycles. The first-order valence-corrected chi connectivity index (χ1v) is 8.14. The van der Waals surface area contributed by atoms with Crippen molar-refractivity contribution in [2.45, 2.75) is 0 Å². The molecule has 7 heteroatoms. The Morgan fingerprint density at radius 2 is 2.08 bits per heavy atom. The quantitative estimate of drug-likeness (QED) is 0.824. The molecule has 2 aromatic carbocycles. The Morgan fingerprint density at radius 3 is 2.83 bits per heavy atom. The van der Waals surface area contributed by atoms with E-state index in [0.717, 1.165) is 11.8 Å². The van der Waals surface area contributed by atoms with Gasteiger partial charge in [-0.25, -0.2) is 9.38 Å². The molecule has 0 bridgehead atoms. The lowest BCUT2D eigenvalue weighted by Gasteiger charge is -2.05. The SMILES string of the molecule is COc1ccc(Cl)cc1/C=C1\SC(=Nc2ccccc2F)NC1=O. The maximum atomic E-state index is 13.7. The van der Waals surface area contributed by atoms with Gasteiger partial charge in [-0.15, -0.1) is 0 Å². The number of aliphatic imine (C=N–C) groups is 1. The lowest BCUT2D eigenvalue weighted by molar-refractivity contribution is -0.115. The standard InChI is InChI=1S/C17H12ClFN2O2S/c1-23-14-7-6-11(18)8-10(14)9-15-16(22)21-17(24-15)20-13-5-3-2-4-12(13)19/h2-9H,1H3,(H,20,21,22)/b15-9-. The van der Waals surface area contributed by atoms with E-state index >= 15 is 0 Å². The van der Waals surface area contributed by atoms with Gasteiger partial charge in [0.2, 0.25) is 0 Å². The molecule has 0 unspecified atom stereocenters. The average Bonchev–Trinajstić information content (AvgIpc) is 2.89. The maximum absolute atomic E-state index is 13.7. The molecule has 0 aliphatic carbocycles. The van der Waals surface area contributed by atoms with Crippen LogP contribution in [0.1, 0.15) is 5.56 Å². The number of hydrogen-bond acceptors (Lipinski definition) is 4. The van der Waals surface area contributed by atoms with Crippen molar-refractivity contribution in [3.63, 3.8) is 0 Å². The fraction of sp³-hybridized carbons (Fsp3) is 0.0588. The van der Waals surface area contributed by atoms with Gasteiger partial charge < -0.3 is 10.1 Å². The van der Waals surface area contributed by atoms with E-state index in [-0.39, 0.29) is 11.6 Å². The Bertz CT molecular complexity index is 867. The van der Waals surface area contributed by atoms with Gasteiger partial charge in [0.05, 0.1) is 12.0 Å². The summed E-state index contributed by atoms with van der Waals surface area (Å²) in [4.78, 5) is 16.7. The van der Waals surface area contributed by atoms with Crippen LogP contribution >= 0.6 is 23.4 Å². The number of nitrogens with one attached hydrogen (secondary N) is 1. The fourth-order valence-electron chi connectivity index (χ4n) is 2.09. The first-order valence-electron chi connectivity index (χ1n) is 6.94. The largest absolute Gasteiger partial charge is 0.496 e. The normalized spacial score (nSPS) is 17.4. The number of benzene rings is 2. The molecule has 1 fully saturated rings. The first-order chi connectivity index (χ1) is 11.6. The third kappa shape index (κ3) is 3.60. The van der Waals surface area contributed by atoms with Gasteiger partial charge in [0.1, 0.15) is 17.3 Å². The van der Waals surface area contributed by atoms with Crippen LogP contribution in [0.15, 0.2) is 52.4 Å². The van der Waals surface area contributed by atoms with E-state index < -0.39 is 5.82 Å². The van der Waals surface area contributed by atoms with E-state index in [4.69, 9.17) is 16.3 Å². The number of carbonyl (C=O) groups excluding carboxylic acids is 1. The van der Waals surface area contributed by atoms with Gasteiger partial charge in [-0.3, -0.25) is 4.79 Å². The van der Waals surface area contributed by atoms with Gasteiger partial charge in [0.25, 0.3) is 5.91 Å². The minimum absolute atomic E-state index is 0.168. The van der Waals surface area contributed by atoms with Gasteiger partial charge in [0, 0.05) is 10.6 Å². The Kier molecular flexibility index (Phi) is 4.87. The topological polar surface area (TPSA) is 50.7 Å². The maximum Gasteiger partial charge on any atom is 0.264 e. The molecule has 24 heavy (non-hydrogen) atoms. The number of carbonyl (C=O) groups is 1. The smallest absolute Gasteiger partial charge is 0.264 e. The fourth-order valence-corrected chi connectivity index (χ4v) is 3.10. The number of methoxy groups -OCH3 is 1. The van der Waals surface area contributed by atoms with E-state index in [1.54, 1.807) is 36.4 Å². The molecule has 0 aromatic heterocycles. The van der Waals surface area contributed by atoms with Crippen molar-refractivity contribution in [2.75, 3.05) is 7.11 Å². The number of hydrogen-bond donors (Lipinski definition) is 1. The minimum Gasteiger partial charge on any atom is -0.496 e. The Labute approximate surface area is 147 Å². The molecule has 1 amide bonds. The average molecular weight is 363 g/mol. The van der Waals surface area contributed by atoms with Crippen LogP contribution < -0.4 is 10.1 Å². The van der Waals surface area contributed by atoms with Crippen molar-refractivity contribution in [3.8, 4) is 5.75 Å². The summed E-state index contributed by atoms with van der Waals surface area (Å²) >= 11 is 7.12. The van der Waals surface area contributed by atoms with Gasteiger partial charge in [-0.1, -0.05) is 23.7 Å². The molecule has 2 aromatic rings. The third-order valence-corrected chi connectivity index (χ3v) is 4.35. The number of halogens is 2. The number of para-hydroxylation sites is 1. The zero-order valence-electron chi connectivity index (χ0n) is 12.5. The van der Waals surface area contributed by atoms with Crippen molar-refractivity contribution >= 4 is 46.2 Å². The summed E-state index contributed by atoms with van der Waals surface area (Å²) in [5.74, 6) is -0.161. The van der Waals surface area contributed by atoms with Gasteiger partial charge in [-0.05, 0) is 48.2 Å². The number of amides is 1. The summed E-state index contributed by atoms with van der Waals surface area (Å²) in [6.07, 6.45) is 1.66. The van der Waals surface area contributed by atoms with Crippen LogP contribution in [0.2, 0.25) is 5.02 Å². The number of amidine groups is 1. The van der Waals surface area contributed by atoms with E-state index in [0.29, 0.717) is 26.4 Å². The number of nitrogens with zero attached hydrogens (tertiary/aromatic N) is 1. The number of ether oxygens (including phenoxy) is 1. The molecule has 1 heterocycles. The Balaban J connectivity index is 1.91. The zero-order chi connectivity index (χ0) is 17.1. The Morgan fingerprint density at radius 1 is 1.29 bits per heavy atom. The van der Waals surface area contributed by atoms with Crippen LogP contribution in [-0.2, 0) is 4.79 Å². The van der Waals surface area contributed by atoms with Crippen molar-refractivity contribution < 1.29 is 13.9 Å². The van der Waals surface area contributed by atoms with Crippen LogP contribution in [0.5, 0.6) is 5.75 Å². The molecular formula is C17H12ClFN2O2S. The second-order valence-electron chi connectivity index (χ2n) is 4.82. The Hall–Kier alpha value is -2.31. The zero-order valence-corrected chi connectivity index (χ0v) is 14.1. The lowest BCUT2D eigenvalue weighted by Crippen LogP contribution is -2.19. The highest BCUT2D eigenvalue weighted by atomic mass is 35.5. The van der Waals surface area contributed by atoms with Crippen molar-refractivity contribution in [1.29, 1.82) is 0 Å². The number of thioether (sulfide) groups is 1. The van der Waals surface area contributed by atoms with Crippen LogP contribution in [0.25, 0.3) is 6.08 Å². The molecular weight excluding hydrogens is 351 g/mol. The highest BCUT2D eigenvalue weighted by Crippen LogP contribution is 2.32. The molecule has 1 saturated heterocycles. The molecule has 0 radical (unpaired) electrons. The van der Waals surface area contributed by atoms with Crippen LogP contribution in [0.3, 0.4) is 0 Å². The van der Waals surface area contributed by atoms with E-state index in [1.165, 1.54) is 19.2 Å². The summed E-state index contributed by atoms with van der Waals surface area (Å²) in [6, 6.07) is 11.2. The van der Waals surface area contributed by atoms with E-state index in [9.17, 15) is 9.18 Å². The van der Waals surface area contributed by atoms with E-state index in [1.807, 2.05) is 0 Å². The first kappa shape index (κ1) is 16.5. The van der Waals surface area contributed by atoms with Gasteiger partial charge in [-0.2, -0.15) is 0 Å². The van der Waals surface area contributed by atoms with Crippen molar-refractivity contribution in [2.24, 2.45) is 4.99 Å². The van der Waals surface area contributed by atoms with Crippen molar-refractivity contribution in [1.82, 2.24) is 5.32 Å². The van der Waals surface area contributed by atoms with Gasteiger partial charge in [0.15, 0.2) is 5.17 Å². The molecule has 122 valence electrons. The van der Waals surface area contributed by atoms with Crippen molar-refractivity contribution in [3.05, 3.63) is 63.8 Å². The summed E-state index contributed by atoms with van der Waals surface area (Å²) < 4.78 is 18.9. The second-order valence-corrected chi connectivity index (χ2v) is 6.29. The monoisotopic (exact) mass is 362 g/mol. The second kappa shape index (κ2) is 7.07. The van der Waals surface area contributed by atoms with Crippen LogP contribution in [0.4, 0.5) is 10.1 Å². The molecule has 1 aliphatic heterocycles. The molecule has 3 rings (SSSR count). The molecule has 4 nitrogen and oxygen atoms in total. The summed E-state index contributed by atoms with van der Waals surface area (Å²) in [7, 11) is 1.54. The highest BCUT2D eigenvalue weighted by molar-refractivity contribution is 8.18. The molecule has 0 atom stereocenters. The van der Waals surface area contributed by atoms with E-state index in [2.05, 4.69) is 10.3 Å². The molecule has 1 N–H and O–H groups in total. The molecule has 0 spiro atoms. The predicted molar refractivity (Wildman–Crippen MR) is 95.2 cm³/mol. The van der Waals surface area contributed by atoms with Gasteiger partial charge >= 0.3 is 0 Å². The summed E-state index contributed by atoms with van der Waals surface area (Å²) in [5.41, 5.74) is 0.844. The lowest BCUT2D eigenvalue weighted by atomic mass is 10.2. The summed E-state index contributed by atoms with van der Waals surface area (Å²) in [5, 5.41) is 3.47. The third-order valence-electron chi connectivity index (χ3n) is 3.20. The highest BCUT2D eigenvalue weighted by Gasteiger charge is 2.24. The molecule has 1 aliphatic rings. The summed E-state index contributed by atoms with van der Waals surface area (Å²) in [6.45, 7) is 0. The van der Waals surface area contributed by atoms with Crippen LogP contribution in [-0.4, -0.2) is 18.2 Å². The minimum atomic E-state index is -0.450. The predicted octanol–water partition coefficient (Wildman–Crippen LogP) is 4.38. The number of rotatable bonds is 3.